The van der Waals surface area contributed by atoms with E-state index >= 15 is 0 Å². The first-order valence-corrected chi connectivity index (χ1v) is 5.38. The van der Waals surface area contributed by atoms with Gasteiger partial charge in [0.05, 0.1) is 5.60 Å². The molecule has 0 heterocycles. The Bertz CT molecular complexity index is 113. The Morgan fingerprint density at radius 3 is 2.38 bits per heavy atom. The monoisotopic (exact) mass is 187 g/mol. The van der Waals surface area contributed by atoms with Crippen LogP contribution >= 0.6 is 0 Å². The molecule has 13 heavy (non-hydrogen) atoms. The maximum atomic E-state index is 5.35. The highest BCUT2D eigenvalue weighted by molar-refractivity contribution is 4.67. The van der Waals surface area contributed by atoms with E-state index in [1.54, 1.807) is 7.11 Å². The van der Waals surface area contributed by atoms with Crippen LogP contribution in [0.25, 0.3) is 0 Å². The molecule has 0 spiro atoms. The molecule has 0 saturated carbocycles. The Hall–Kier alpha value is -0.0800. The summed E-state index contributed by atoms with van der Waals surface area (Å²) in [5.74, 6) is 0. The SMILES string of the molecule is CCNCCCCCC(C)(C)OC. The fraction of sp³-hybridized carbons (Fsp3) is 1.00. The van der Waals surface area contributed by atoms with Gasteiger partial charge in [0.1, 0.15) is 0 Å². The van der Waals surface area contributed by atoms with Gasteiger partial charge in [-0.3, -0.25) is 0 Å². The molecular formula is C11H25NO. The van der Waals surface area contributed by atoms with Crippen molar-refractivity contribution in [3.63, 3.8) is 0 Å². The zero-order valence-corrected chi connectivity index (χ0v) is 9.65. The van der Waals surface area contributed by atoms with E-state index in [0.29, 0.717) is 0 Å². The molecule has 0 atom stereocenters. The van der Waals surface area contributed by atoms with Crippen molar-refractivity contribution in [2.75, 3.05) is 20.2 Å². The fourth-order valence-electron chi connectivity index (χ4n) is 1.26. The first kappa shape index (κ1) is 12.9. The van der Waals surface area contributed by atoms with Crippen LogP contribution in [-0.2, 0) is 4.74 Å². The molecule has 2 nitrogen and oxygen atoms in total. The minimum Gasteiger partial charge on any atom is -0.379 e. The molecule has 0 amide bonds. The van der Waals surface area contributed by atoms with Gasteiger partial charge in [-0.1, -0.05) is 19.8 Å². The molecule has 0 rings (SSSR count). The van der Waals surface area contributed by atoms with E-state index in [-0.39, 0.29) is 5.60 Å². The predicted molar refractivity (Wildman–Crippen MR) is 58.1 cm³/mol. The lowest BCUT2D eigenvalue weighted by atomic mass is 10.0. The van der Waals surface area contributed by atoms with Gasteiger partial charge in [0.2, 0.25) is 0 Å². The third-order valence-corrected chi connectivity index (χ3v) is 2.43. The third kappa shape index (κ3) is 8.26. The van der Waals surface area contributed by atoms with Crippen LogP contribution in [0.4, 0.5) is 0 Å². The highest BCUT2D eigenvalue weighted by Gasteiger charge is 2.14. The highest BCUT2D eigenvalue weighted by Crippen LogP contribution is 2.16. The smallest absolute Gasteiger partial charge is 0.0622 e. The van der Waals surface area contributed by atoms with Crippen molar-refractivity contribution in [3.8, 4) is 0 Å². The van der Waals surface area contributed by atoms with E-state index in [4.69, 9.17) is 4.74 Å². The molecule has 0 aromatic rings. The zero-order valence-electron chi connectivity index (χ0n) is 9.65. The first-order valence-electron chi connectivity index (χ1n) is 5.38. The number of hydrogen-bond acceptors (Lipinski definition) is 2. The molecule has 0 fully saturated rings. The Kier molecular flexibility index (Phi) is 7.29. The lowest BCUT2D eigenvalue weighted by molar-refractivity contribution is 0.0134. The van der Waals surface area contributed by atoms with Gasteiger partial charge in [-0.25, -0.2) is 0 Å². The van der Waals surface area contributed by atoms with Gasteiger partial charge in [-0.05, 0) is 39.8 Å². The molecule has 0 unspecified atom stereocenters. The van der Waals surface area contributed by atoms with Crippen LogP contribution in [-0.4, -0.2) is 25.8 Å². The van der Waals surface area contributed by atoms with Crippen LogP contribution in [0.2, 0.25) is 0 Å². The Labute approximate surface area is 83.1 Å². The maximum Gasteiger partial charge on any atom is 0.0622 e. The lowest BCUT2D eigenvalue weighted by Crippen LogP contribution is -2.22. The minimum absolute atomic E-state index is 0.0676. The summed E-state index contributed by atoms with van der Waals surface area (Å²) in [6, 6.07) is 0. The van der Waals surface area contributed by atoms with Crippen molar-refractivity contribution < 1.29 is 4.74 Å². The molecule has 0 aliphatic carbocycles. The second kappa shape index (κ2) is 7.34. The second-order valence-corrected chi connectivity index (χ2v) is 4.13. The lowest BCUT2D eigenvalue weighted by Gasteiger charge is -2.22. The summed E-state index contributed by atoms with van der Waals surface area (Å²) in [4.78, 5) is 0. The summed E-state index contributed by atoms with van der Waals surface area (Å²) in [6.45, 7) is 8.69. The van der Waals surface area contributed by atoms with Crippen LogP contribution in [0.5, 0.6) is 0 Å². The van der Waals surface area contributed by atoms with E-state index in [0.717, 1.165) is 19.5 Å². The molecule has 0 aromatic carbocycles. The number of unbranched alkanes of at least 4 members (excludes halogenated alkanes) is 2. The largest absolute Gasteiger partial charge is 0.379 e. The van der Waals surface area contributed by atoms with Crippen LogP contribution < -0.4 is 5.32 Å². The molecule has 0 aromatic heterocycles. The molecule has 80 valence electrons. The van der Waals surface area contributed by atoms with Gasteiger partial charge in [-0.15, -0.1) is 0 Å². The minimum atomic E-state index is 0.0676. The van der Waals surface area contributed by atoms with Crippen molar-refractivity contribution in [1.82, 2.24) is 5.32 Å². The van der Waals surface area contributed by atoms with Crippen molar-refractivity contribution in [1.29, 1.82) is 0 Å². The van der Waals surface area contributed by atoms with Crippen LogP contribution in [0.15, 0.2) is 0 Å². The molecule has 0 aliphatic heterocycles. The van der Waals surface area contributed by atoms with Gasteiger partial charge < -0.3 is 10.1 Å². The number of methoxy groups -OCH3 is 1. The number of rotatable bonds is 8. The Morgan fingerprint density at radius 1 is 1.15 bits per heavy atom. The molecular weight excluding hydrogens is 162 g/mol. The maximum absolute atomic E-state index is 5.35. The van der Waals surface area contributed by atoms with Gasteiger partial charge in [0.15, 0.2) is 0 Å². The van der Waals surface area contributed by atoms with E-state index < -0.39 is 0 Å². The number of hydrogen-bond donors (Lipinski definition) is 1. The number of nitrogens with one attached hydrogen (secondary N) is 1. The molecule has 0 saturated heterocycles. The van der Waals surface area contributed by atoms with E-state index in [9.17, 15) is 0 Å². The highest BCUT2D eigenvalue weighted by atomic mass is 16.5. The summed E-state index contributed by atoms with van der Waals surface area (Å²) < 4.78 is 5.35. The van der Waals surface area contributed by atoms with Crippen LogP contribution in [0.1, 0.15) is 46.5 Å². The van der Waals surface area contributed by atoms with Crippen molar-refractivity contribution in [2.24, 2.45) is 0 Å². The van der Waals surface area contributed by atoms with E-state index in [1.807, 2.05) is 0 Å². The van der Waals surface area contributed by atoms with Gasteiger partial charge in [-0.2, -0.15) is 0 Å². The molecule has 1 N–H and O–H groups in total. The predicted octanol–water partition coefficient (Wildman–Crippen LogP) is 2.58. The summed E-state index contributed by atoms with van der Waals surface area (Å²) in [5.41, 5.74) is 0.0676. The molecule has 0 bridgehead atoms. The van der Waals surface area contributed by atoms with E-state index in [2.05, 4.69) is 26.1 Å². The van der Waals surface area contributed by atoms with Gasteiger partial charge in [0, 0.05) is 7.11 Å². The van der Waals surface area contributed by atoms with Gasteiger partial charge >= 0.3 is 0 Å². The van der Waals surface area contributed by atoms with Crippen molar-refractivity contribution >= 4 is 0 Å². The molecule has 0 aliphatic rings. The number of ether oxygens (including phenoxy) is 1. The quantitative estimate of drug-likeness (QED) is 0.590. The summed E-state index contributed by atoms with van der Waals surface area (Å²) in [5, 5.41) is 3.33. The van der Waals surface area contributed by atoms with E-state index in [1.165, 1.54) is 19.3 Å². The molecule has 0 radical (unpaired) electrons. The summed E-state index contributed by atoms with van der Waals surface area (Å²) in [7, 11) is 1.79. The summed E-state index contributed by atoms with van der Waals surface area (Å²) >= 11 is 0. The first-order chi connectivity index (χ1) is 6.12. The van der Waals surface area contributed by atoms with Crippen molar-refractivity contribution in [2.45, 2.75) is 52.1 Å². The molecule has 2 heteroatoms. The second-order valence-electron chi connectivity index (χ2n) is 4.13. The Morgan fingerprint density at radius 2 is 1.85 bits per heavy atom. The Balaban J connectivity index is 3.16. The van der Waals surface area contributed by atoms with Crippen LogP contribution in [0.3, 0.4) is 0 Å². The van der Waals surface area contributed by atoms with Crippen molar-refractivity contribution in [3.05, 3.63) is 0 Å². The normalized spacial score (nSPS) is 12.0. The average molecular weight is 187 g/mol. The fourth-order valence-corrected chi connectivity index (χ4v) is 1.26. The van der Waals surface area contributed by atoms with Crippen LogP contribution in [0, 0.1) is 0 Å². The van der Waals surface area contributed by atoms with Gasteiger partial charge in [0.25, 0.3) is 0 Å². The topological polar surface area (TPSA) is 21.3 Å². The zero-order chi connectivity index (χ0) is 10.2. The standard InChI is InChI=1S/C11H25NO/c1-5-12-10-8-6-7-9-11(2,3)13-4/h12H,5-10H2,1-4H3. The average Bonchev–Trinajstić information content (AvgIpc) is 2.11. The summed E-state index contributed by atoms with van der Waals surface area (Å²) in [6.07, 6.45) is 5.02. The third-order valence-electron chi connectivity index (χ3n) is 2.43.